The molecule has 152 valence electrons. The first-order chi connectivity index (χ1) is 14.0. The van der Waals surface area contributed by atoms with Crippen LogP contribution in [0.15, 0.2) is 30.3 Å². The van der Waals surface area contributed by atoms with Crippen LogP contribution in [0.3, 0.4) is 0 Å². The van der Waals surface area contributed by atoms with Crippen molar-refractivity contribution in [1.82, 2.24) is 0 Å². The molecule has 7 heteroatoms. The van der Waals surface area contributed by atoms with Crippen molar-refractivity contribution < 1.29 is 19.1 Å². The van der Waals surface area contributed by atoms with E-state index in [1.54, 1.807) is 0 Å². The largest absolute Gasteiger partial charge is 0.455 e. The van der Waals surface area contributed by atoms with Gasteiger partial charge in [-0.2, -0.15) is 0 Å². The van der Waals surface area contributed by atoms with Gasteiger partial charge in [0.1, 0.15) is 5.00 Å². The Kier molecular flexibility index (Phi) is 5.41. The lowest BCUT2D eigenvalue weighted by Gasteiger charge is -2.39. The average molecular weight is 413 g/mol. The van der Waals surface area contributed by atoms with Gasteiger partial charge in [0.25, 0.3) is 11.8 Å². The number of thiophene rings is 1. The lowest BCUT2D eigenvalue weighted by molar-refractivity contribution is -0.156. The van der Waals surface area contributed by atoms with Gasteiger partial charge in [0.2, 0.25) is 0 Å². The van der Waals surface area contributed by atoms with Crippen molar-refractivity contribution in [2.24, 2.45) is 5.73 Å². The van der Waals surface area contributed by atoms with E-state index in [4.69, 9.17) is 10.5 Å². The Morgan fingerprint density at radius 2 is 1.79 bits per heavy atom. The van der Waals surface area contributed by atoms with Crippen LogP contribution in [0.2, 0.25) is 0 Å². The number of hydrogen-bond donors (Lipinski definition) is 2. The second kappa shape index (κ2) is 7.99. The predicted octanol–water partition coefficient (Wildman–Crippen LogP) is 3.33. The standard InChI is InChI=1S/C22H24N2O4S/c23-19(26)18-15-9-4-5-10-16(15)29-20(18)24-17(25)13-28-21(27)22(11-6-12-22)14-7-2-1-3-8-14/h1-3,7-8H,4-6,9-13H2,(H2,23,26)(H,24,25). The van der Waals surface area contributed by atoms with Crippen LogP contribution in [0.5, 0.6) is 0 Å². The summed E-state index contributed by atoms with van der Waals surface area (Å²) in [6, 6.07) is 9.57. The summed E-state index contributed by atoms with van der Waals surface area (Å²) in [5.41, 5.74) is 7.20. The van der Waals surface area contributed by atoms with Gasteiger partial charge in [0, 0.05) is 4.88 Å². The number of nitrogens with one attached hydrogen (secondary N) is 1. The lowest BCUT2D eigenvalue weighted by Crippen LogP contribution is -2.44. The normalized spacial score (nSPS) is 17.0. The fourth-order valence-corrected chi connectivity index (χ4v) is 5.56. The van der Waals surface area contributed by atoms with Crippen LogP contribution in [-0.4, -0.2) is 24.4 Å². The molecular weight excluding hydrogens is 388 g/mol. The molecule has 0 aliphatic heterocycles. The fourth-order valence-electron chi connectivity index (χ4n) is 4.24. The minimum absolute atomic E-state index is 0.370. The molecule has 0 radical (unpaired) electrons. The van der Waals surface area contributed by atoms with Crippen molar-refractivity contribution in [2.75, 3.05) is 11.9 Å². The molecule has 3 N–H and O–H groups in total. The summed E-state index contributed by atoms with van der Waals surface area (Å²) in [6.07, 6.45) is 6.18. The number of benzene rings is 1. The maximum Gasteiger partial charge on any atom is 0.317 e. The summed E-state index contributed by atoms with van der Waals surface area (Å²) in [5, 5.41) is 3.20. The summed E-state index contributed by atoms with van der Waals surface area (Å²) in [4.78, 5) is 38.2. The molecule has 0 bridgehead atoms. The number of nitrogens with two attached hydrogens (primary N) is 1. The SMILES string of the molecule is NC(=O)c1c(NC(=O)COC(=O)C2(c3ccccc3)CCC2)sc2c1CCCC2. The Morgan fingerprint density at radius 1 is 1.07 bits per heavy atom. The minimum atomic E-state index is -0.651. The summed E-state index contributed by atoms with van der Waals surface area (Å²) in [5.74, 6) is -1.36. The number of aryl methyl sites for hydroxylation is 1. The number of amides is 2. The summed E-state index contributed by atoms with van der Waals surface area (Å²) in [6.45, 7) is -0.381. The molecular formula is C22H24N2O4S. The van der Waals surface area contributed by atoms with Crippen molar-refractivity contribution in [3.63, 3.8) is 0 Å². The zero-order chi connectivity index (χ0) is 20.4. The van der Waals surface area contributed by atoms with Gasteiger partial charge in [-0.15, -0.1) is 11.3 Å². The fraction of sp³-hybridized carbons (Fsp3) is 0.409. The van der Waals surface area contributed by atoms with Crippen molar-refractivity contribution in [2.45, 2.75) is 50.4 Å². The Hall–Kier alpha value is -2.67. The number of rotatable bonds is 6. The van der Waals surface area contributed by atoms with Gasteiger partial charge in [0.15, 0.2) is 6.61 Å². The molecule has 29 heavy (non-hydrogen) atoms. The zero-order valence-electron chi connectivity index (χ0n) is 16.2. The Labute approximate surface area is 173 Å². The molecule has 6 nitrogen and oxygen atoms in total. The first-order valence-electron chi connectivity index (χ1n) is 9.98. The molecule has 1 saturated carbocycles. The van der Waals surface area contributed by atoms with Crippen molar-refractivity contribution in [1.29, 1.82) is 0 Å². The highest BCUT2D eigenvalue weighted by atomic mass is 32.1. The number of hydrogen-bond acceptors (Lipinski definition) is 5. The molecule has 0 saturated heterocycles. The van der Waals surface area contributed by atoms with Gasteiger partial charge in [-0.1, -0.05) is 36.8 Å². The molecule has 0 spiro atoms. The summed E-state index contributed by atoms with van der Waals surface area (Å²) in [7, 11) is 0. The average Bonchev–Trinajstić information content (AvgIpc) is 3.04. The third-order valence-electron chi connectivity index (χ3n) is 5.93. The Bertz CT molecular complexity index is 947. The van der Waals surface area contributed by atoms with Crippen LogP contribution in [0.25, 0.3) is 0 Å². The highest BCUT2D eigenvalue weighted by Gasteiger charge is 2.47. The number of primary amides is 1. The number of anilines is 1. The minimum Gasteiger partial charge on any atom is -0.455 e. The lowest BCUT2D eigenvalue weighted by atomic mass is 9.64. The first-order valence-corrected chi connectivity index (χ1v) is 10.8. The van der Waals surface area contributed by atoms with Crippen molar-refractivity contribution >= 4 is 34.1 Å². The van der Waals surface area contributed by atoms with E-state index in [9.17, 15) is 14.4 Å². The molecule has 2 aliphatic rings. The van der Waals surface area contributed by atoms with E-state index < -0.39 is 17.2 Å². The van der Waals surface area contributed by atoms with Gasteiger partial charge < -0.3 is 15.8 Å². The molecule has 0 unspecified atom stereocenters. The topological polar surface area (TPSA) is 98.5 Å². The van der Waals surface area contributed by atoms with Gasteiger partial charge in [0.05, 0.1) is 11.0 Å². The van der Waals surface area contributed by atoms with Crippen molar-refractivity contribution in [3.8, 4) is 0 Å². The van der Waals surface area contributed by atoms with E-state index in [1.807, 2.05) is 30.3 Å². The molecule has 4 rings (SSSR count). The molecule has 2 aromatic rings. The first kappa shape index (κ1) is 19.6. The smallest absolute Gasteiger partial charge is 0.317 e. The summed E-state index contributed by atoms with van der Waals surface area (Å²) >= 11 is 1.40. The Balaban J connectivity index is 1.43. The number of ether oxygens (including phenoxy) is 1. The van der Waals surface area contributed by atoms with E-state index in [0.29, 0.717) is 10.6 Å². The van der Waals surface area contributed by atoms with E-state index in [2.05, 4.69) is 5.32 Å². The highest BCUT2D eigenvalue weighted by molar-refractivity contribution is 7.17. The van der Waals surface area contributed by atoms with E-state index in [-0.39, 0.29) is 12.6 Å². The number of fused-ring (bicyclic) bond motifs is 1. The Morgan fingerprint density at radius 3 is 2.45 bits per heavy atom. The predicted molar refractivity (Wildman–Crippen MR) is 111 cm³/mol. The van der Waals surface area contributed by atoms with Crippen LogP contribution in [0.4, 0.5) is 5.00 Å². The van der Waals surface area contributed by atoms with Crippen LogP contribution in [0, 0.1) is 0 Å². The quantitative estimate of drug-likeness (QED) is 0.711. The van der Waals surface area contributed by atoms with Crippen LogP contribution < -0.4 is 11.1 Å². The van der Waals surface area contributed by atoms with Crippen molar-refractivity contribution in [3.05, 3.63) is 51.9 Å². The van der Waals surface area contributed by atoms with E-state index in [1.165, 1.54) is 11.3 Å². The van der Waals surface area contributed by atoms with Gasteiger partial charge in [-0.05, 0) is 49.7 Å². The molecule has 1 heterocycles. The molecule has 1 fully saturated rings. The second-order valence-corrected chi connectivity index (χ2v) is 8.81. The summed E-state index contributed by atoms with van der Waals surface area (Å²) < 4.78 is 5.38. The zero-order valence-corrected chi connectivity index (χ0v) is 17.0. The molecule has 2 aliphatic carbocycles. The maximum atomic E-state index is 12.8. The van der Waals surface area contributed by atoms with Crippen LogP contribution in [0.1, 0.15) is 58.5 Å². The maximum absolute atomic E-state index is 12.8. The van der Waals surface area contributed by atoms with Crippen LogP contribution >= 0.6 is 11.3 Å². The molecule has 0 atom stereocenters. The van der Waals surface area contributed by atoms with Gasteiger partial charge in [-0.25, -0.2) is 0 Å². The molecule has 1 aromatic heterocycles. The monoisotopic (exact) mass is 412 g/mol. The highest BCUT2D eigenvalue weighted by Crippen LogP contribution is 2.44. The van der Waals surface area contributed by atoms with Crippen LogP contribution in [-0.2, 0) is 32.6 Å². The second-order valence-electron chi connectivity index (χ2n) is 7.71. The number of esters is 1. The third kappa shape index (κ3) is 3.67. The molecule has 1 aromatic carbocycles. The number of carbonyl (C=O) groups is 3. The number of carbonyl (C=O) groups excluding carboxylic acids is 3. The third-order valence-corrected chi connectivity index (χ3v) is 7.14. The van der Waals surface area contributed by atoms with E-state index >= 15 is 0 Å². The van der Waals surface area contributed by atoms with Gasteiger partial charge in [-0.3, -0.25) is 14.4 Å². The molecule has 2 amide bonds. The van der Waals surface area contributed by atoms with E-state index in [0.717, 1.165) is 60.9 Å². The van der Waals surface area contributed by atoms with Gasteiger partial charge >= 0.3 is 5.97 Å².